The molecule has 0 aromatic carbocycles. The van der Waals surface area contributed by atoms with E-state index in [1.54, 1.807) is 0 Å². The molecule has 2 heterocycles. The number of carbonyl (C=O) groups is 2. The number of nitrogens with one attached hydrogen (secondary N) is 2. The molecule has 0 bridgehead atoms. The number of nitrogens with zero attached hydrogens (tertiary/aromatic N) is 3. The fourth-order valence-electron chi connectivity index (χ4n) is 3.80. The minimum Gasteiger partial charge on any atom is -0.486 e. The third-order valence-electron chi connectivity index (χ3n) is 5.66. The maximum Gasteiger partial charge on any atom is 0.405 e. The molecule has 1 unspecified atom stereocenters. The van der Waals surface area contributed by atoms with Gasteiger partial charge in [0.1, 0.15) is 6.61 Å². The summed E-state index contributed by atoms with van der Waals surface area (Å²) in [5.74, 6) is 0.891. The van der Waals surface area contributed by atoms with Gasteiger partial charge >= 0.3 is 6.09 Å². The number of rotatable bonds is 8. The quantitative estimate of drug-likeness (QED) is 0.559. The highest BCUT2D eigenvalue weighted by atomic mass is 19.1. The maximum absolute atomic E-state index is 13.5. The van der Waals surface area contributed by atoms with Crippen molar-refractivity contribution in [2.45, 2.75) is 58.5 Å². The van der Waals surface area contributed by atoms with Crippen molar-refractivity contribution in [3.05, 3.63) is 24.3 Å². The van der Waals surface area contributed by atoms with Gasteiger partial charge in [-0.15, -0.1) is 0 Å². The number of aromatic nitrogens is 2. The predicted molar refractivity (Wildman–Crippen MR) is 117 cm³/mol. The van der Waals surface area contributed by atoms with Crippen LogP contribution in [0.3, 0.4) is 0 Å². The van der Waals surface area contributed by atoms with Crippen LogP contribution in [0.1, 0.15) is 46.5 Å². The molecular weight excluding hydrogens is 417 g/mol. The number of ether oxygens (including phenoxy) is 1. The van der Waals surface area contributed by atoms with Crippen LogP contribution in [0, 0.1) is 11.3 Å². The fourth-order valence-corrected chi connectivity index (χ4v) is 3.80. The van der Waals surface area contributed by atoms with Gasteiger partial charge in [-0.3, -0.25) is 4.79 Å². The van der Waals surface area contributed by atoms with E-state index in [9.17, 15) is 14.0 Å². The van der Waals surface area contributed by atoms with Gasteiger partial charge in [0.15, 0.2) is 5.75 Å². The number of piperidine rings is 1. The Morgan fingerprint density at radius 2 is 2.00 bits per heavy atom. The van der Waals surface area contributed by atoms with E-state index in [-0.39, 0.29) is 24.0 Å². The first-order valence-electron chi connectivity index (χ1n) is 11.0. The predicted octanol–water partition coefficient (Wildman–Crippen LogP) is 2.89. The molecule has 0 radical (unpaired) electrons. The van der Waals surface area contributed by atoms with Crippen LogP contribution < -0.4 is 20.3 Å². The Bertz CT molecular complexity index is 836. The van der Waals surface area contributed by atoms with Crippen molar-refractivity contribution in [2.75, 3.05) is 24.6 Å². The van der Waals surface area contributed by atoms with E-state index in [2.05, 4.69) is 20.6 Å². The molecule has 1 saturated carbocycles. The van der Waals surface area contributed by atoms with Crippen molar-refractivity contribution in [1.82, 2.24) is 20.6 Å². The van der Waals surface area contributed by atoms with Crippen LogP contribution in [0.5, 0.6) is 5.75 Å². The van der Waals surface area contributed by atoms with Crippen molar-refractivity contribution in [3.8, 4) is 5.75 Å². The zero-order valence-electron chi connectivity index (χ0n) is 18.8. The number of hydrogen-bond acceptors (Lipinski definition) is 6. The van der Waals surface area contributed by atoms with Crippen molar-refractivity contribution in [3.63, 3.8) is 0 Å². The van der Waals surface area contributed by atoms with E-state index in [1.807, 2.05) is 25.7 Å². The Morgan fingerprint density at radius 3 is 2.56 bits per heavy atom. The first kappa shape index (κ1) is 23.7. The van der Waals surface area contributed by atoms with Gasteiger partial charge in [-0.2, -0.15) is 0 Å². The van der Waals surface area contributed by atoms with E-state index < -0.39 is 17.6 Å². The molecule has 10 heteroatoms. The Kier molecular flexibility index (Phi) is 7.52. The van der Waals surface area contributed by atoms with E-state index in [0.717, 1.165) is 32.2 Å². The molecule has 2 atom stereocenters. The van der Waals surface area contributed by atoms with Gasteiger partial charge < -0.3 is 25.4 Å². The number of carboxylic acid groups (broad SMARTS) is 1. The average Bonchev–Trinajstić information content (AvgIpc) is 3.57. The van der Waals surface area contributed by atoms with Gasteiger partial charge in [0, 0.05) is 24.7 Å². The standard InChI is InChI=1S/C22H32FN5O4/c1-22(2,3)18(27-21(30)31)15(9-23)13-32-17-10-24-20(25-11-17)28-8-4-5-14(12-28)19(29)26-16-6-7-16/h9-11,14,16,18,27H,4-8,12-13H2,1-3H3,(H,26,29)(H,30,31)/b15-9-/t14-,18?/m0/s1. The molecule has 0 spiro atoms. The summed E-state index contributed by atoms with van der Waals surface area (Å²) in [5, 5.41) is 14.5. The van der Waals surface area contributed by atoms with Crippen molar-refractivity contribution < 1.29 is 23.8 Å². The van der Waals surface area contributed by atoms with Gasteiger partial charge in [0.25, 0.3) is 0 Å². The van der Waals surface area contributed by atoms with Gasteiger partial charge in [0.2, 0.25) is 11.9 Å². The van der Waals surface area contributed by atoms with Gasteiger partial charge in [-0.1, -0.05) is 20.8 Å². The minimum absolute atomic E-state index is 0.0720. The molecule has 2 aliphatic rings. The second-order valence-corrected chi connectivity index (χ2v) is 9.51. The Labute approximate surface area is 187 Å². The van der Waals surface area contributed by atoms with E-state index >= 15 is 0 Å². The summed E-state index contributed by atoms with van der Waals surface area (Å²) in [4.78, 5) is 34.2. The van der Waals surface area contributed by atoms with Crippen LogP contribution in [-0.4, -0.2) is 58.9 Å². The molecular formula is C22H32FN5O4. The van der Waals surface area contributed by atoms with Gasteiger partial charge in [0.05, 0.1) is 30.7 Å². The van der Waals surface area contributed by atoms with Crippen LogP contribution in [0.15, 0.2) is 24.3 Å². The second kappa shape index (κ2) is 10.1. The topological polar surface area (TPSA) is 117 Å². The molecule has 32 heavy (non-hydrogen) atoms. The lowest BCUT2D eigenvalue weighted by Gasteiger charge is -2.32. The molecule has 1 saturated heterocycles. The molecule has 1 aliphatic carbocycles. The third kappa shape index (κ3) is 6.54. The Morgan fingerprint density at radius 1 is 1.31 bits per heavy atom. The summed E-state index contributed by atoms with van der Waals surface area (Å²) < 4.78 is 19.2. The van der Waals surface area contributed by atoms with Crippen LogP contribution in [-0.2, 0) is 4.79 Å². The summed E-state index contributed by atoms with van der Waals surface area (Å²) in [6, 6.07) is -0.408. The highest BCUT2D eigenvalue weighted by Crippen LogP contribution is 2.27. The molecule has 2 fully saturated rings. The highest BCUT2D eigenvalue weighted by Gasteiger charge is 2.32. The molecule has 176 valence electrons. The smallest absolute Gasteiger partial charge is 0.405 e. The number of halogens is 1. The van der Waals surface area contributed by atoms with E-state index in [0.29, 0.717) is 30.6 Å². The van der Waals surface area contributed by atoms with E-state index in [4.69, 9.17) is 9.84 Å². The normalized spacial score (nSPS) is 20.4. The minimum atomic E-state index is -1.23. The van der Waals surface area contributed by atoms with Gasteiger partial charge in [-0.25, -0.2) is 19.2 Å². The Balaban J connectivity index is 1.57. The van der Waals surface area contributed by atoms with Crippen molar-refractivity contribution in [1.29, 1.82) is 0 Å². The number of amides is 2. The lowest BCUT2D eigenvalue weighted by Crippen LogP contribution is -2.45. The van der Waals surface area contributed by atoms with Crippen molar-refractivity contribution in [2.24, 2.45) is 11.3 Å². The van der Waals surface area contributed by atoms with Crippen LogP contribution >= 0.6 is 0 Å². The monoisotopic (exact) mass is 449 g/mol. The van der Waals surface area contributed by atoms with E-state index in [1.165, 1.54) is 12.4 Å². The summed E-state index contributed by atoms with van der Waals surface area (Å²) in [6.07, 6.45) is 6.02. The molecule has 1 aromatic rings. The second-order valence-electron chi connectivity index (χ2n) is 9.51. The molecule has 3 rings (SSSR count). The first-order chi connectivity index (χ1) is 15.2. The zero-order valence-corrected chi connectivity index (χ0v) is 18.8. The van der Waals surface area contributed by atoms with Crippen LogP contribution in [0.2, 0.25) is 0 Å². The fraction of sp³-hybridized carbons (Fsp3) is 0.636. The maximum atomic E-state index is 13.5. The number of carbonyl (C=O) groups excluding carboxylic acids is 1. The lowest BCUT2D eigenvalue weighted by molar-refractivity contribution is -0.125. The summed E-state index contributed by atoms with van der Waals surface area (Å²) >= 11 is 0. The van der Waals surface area contributed by atoms with Gasteiger partial charge in [-0.05, 0) is 31.1 Å². The third-order valence-corrected chi connectivity index (χ3v) is 5.66. The summed E-state index contributed by atoms with van der Waals surface area (Å²) in [7, 11) is 0. The summed E-state index contributed by atoms with van der Waals surface area (Å²) in [5.41, 5.74) is -0.374. The molecule has 1 aliphatic heterocycles. The zero-order chi connectivity index (χ0) is 23.3. The highest BCUT2D eigenvalue weighted by molar-refractivity contribution is 5.80. The van der Waals surface area contributed by atoms with Crippen LogP contribution in [0.4, 0.5) is 15.1 Å². The largest absolute Gasteiger partial charge is 0.486 e. The molecule has 2 amide bonds. The number of anilines is 1. The number of hydrogen-bond donors (Lipinski definition) is 3. The summed E-state index contributed by atoms with van der Waals surface area (Å²) in [6.45, 7) is 6.63. The lowest BCUT2D eigenvalue weighted by atomic mass is 9.82. The molecule has 3 N–H and O–H groups in total. The van der Waals surface area contributed by atoms with Crippen LogP contribution in [0.25, 0.3) is 0 Å². The van der Waals surface area contributed by atoms with Crippen molar-refractivity contribution >= 4 is 17.9 Å². The first-order valence-corrected chi connectivity index (χ1v) is 11.0. The molecule has 9 nitrogen and oxygen atoms in total. The SMILES string of the molecule is CC(C)(C)C(NC(=O)O)/C(=C\F)COc1cnc(N2CCC[C@H](C(=O)NC3CC3)C2)nc1. The average molecular weight is 450 g/mol. The molecule has 1 aromatic heterocycles. The Hall–Kier alpha value is -2.91.